The Morgan fingerprint density at radius 3 is 2.47 bits per heavy atom. The Balaban J connectivity index is 0.000000686. The van der Waals surface area contributed by atoms with E-state index in [4.69, 9.17) is 3.67 Å². The molecule has 1 aromatic carbocycles. The first kappa shape index (κ1) is 14.1. The van der Waals surface area contributed by atoms with Crippen molar-refractivity contribution in [2.24, 2.45) is 4.99 Å². The van der Waals surface area contributed by atoms with E-state index in [9.17, 15) is 5.11 Å². The molecule has 0 atom stereocenters. The number of aromatic hydroxyl groups is 1. The van der Waals surface area contributed by atoms with Crippen molar-refractivity contribution >= 4 is 6.21 Å². The van der Waals surface area contributed by atoms with E-state index in [1.165, 1.54) is 32.1 Å². The number of nitrogens with zero attached hydrogens (tertiary/aromatic N) is 1. The van der Waals surface area contributed by atoms with Crippen LogP contribution in [-0.2, 0) is 21.0 Å². The molecule has 2 rings (SSSR count). The van der Waals surface area contributed by atoms with Crippen LogP contribution in [0.25, 0.3) is 0 Å². The van der Waals surface area contributed by atoms with Gasteiger partial charge in [-0.2, -0.15) is 0 Å². The molecule has 0 saturated heterocycles. The number of para-hydroxylation sites is 1. The van der Waals surface area contributed by atoms with E-state index in [0.29, 0.717) is 11.8 Å². The minimum absolute atomic E-state index is 0.317. The normalized spacial score (nSPS) is 16.4. The van der Waals surface area contributed by atoms with Gasteiger partial charge in [-0.1, -0.05) is 31.4 Å². The standard InChI is InChI=1S/C13H17NO.O.V/c15-13-9-5-4-6-11(13)10-14-12-7-2-1-3-8-12;;/h4-6,9-10,12,15H,1-3,7-8H2;;. The van der Waals surface area contributed by atoms with Crippen molar-refractivity contribution in [1.29, 1.82) is 0 Å². The summed E-state index contributed by atoms with van der Waals surface area (Å²) in [5.41, 5.74) is 0.822. The molecule has 1 N–H and O–H groups in total. The van der Waals surface area contributed by atoms with Gasteiger partial charge in [0.05, 0.1) is 0 Å². The van der Waals surface area contributed by atoms with Crippen LogP contribution >= 0.6 is 0 Å². The molecular formula is C13H17NO2V. The van der Waals surface area contributed by atoms with Gasteiger partial charge >= 0.3 is 21.0 Å². The van der Waals surface area contributed by atoms with E-state index >= 15 is 0 Å². The molecule has 1 aliphatic rings. The van der Waals surface area contributed by atoms with E-state index in [0.717, 1.165) is 22.9 Å². The molecule has 0 bridgehead atoms. The van der Waals surface area contributed by atoms with Gasteiger partial charge in [-0.25, -0.2) is 0 Å². The molecule has 91 valence electrons. The Labute approximate surface area is 111 Å². The van der Waals surface area contributed by atoms with Gasteiger partial charge in [0.15, 0.2) is 0 Å². The van der Waals surface area contributed by atoms with Gasteiger partial charge in [-0.15, -0.1) is 0 Å². The summed E-state index contributed by atoms with van der Waals surface area (Å²) in [6, 6.07) is 7.80. The molecule has 0 radical (unpaired) electrons. The van der Waals surface area contributed by atoms with Crippen LogP contribution in [0.1, 0.15) is 37.7 Å². The van der Waals surface area contributed by atoms with Crippen molar-refractivity contribution < 1.29 is 26.1 Å². The Morgan fingerprint density at radius 1 is 1.18 bits per heavy atom. The predicted octanol–water partition coefficient (Wildman–Crippen LogP) is 3.02. The summed E-state index contributed by atoms with van der Waals surface area (Å²) in [4.78, 5) is 4.53. The van der Waals surface area contributed by atoms with Crippen molar-refractivity contribution in [2.75, 3.05) is 0 Å². The first-order valence-electron chi connectivity index (χ1n) is 5.86. The van der Waals surface area contributed by atoms with Crippen LogP contribution in [0.2, 0.25) is 0 Å². The van der Waals surface area contributed by atoms with Gasteiger partial charge in [0.2, 0.25) is 0 Å². The van der Waals surface area contributed by atoms with Crippen LogP contribution in [0.4, 0.5) is 0 Å². The van der Waals surface area contributed by atoms with Gasteiger partial charge < -0.3 is 5.11 Å². The van der Waals surface area contributed by atoms with Crippen LogP contribution in [0, 0.1) is 0 Å². The second-order valence-electron chi connectivity index (χ2n) is 4.13. The number of benzene rings is 1. The van der Waals surface area contributed by atoms with Gasteiger partial charge in [0.25, 0.3) is 0 Å². The van der Waals surface area contributed by atoms with Gasteiger partial charge in [0.1, 0.15) is 5.75 Å². The fraction of sp³-hybridized carbons (Fsp3) is 0.462. The predicted molar refractivity (Wildman–Crippen MR) is 63.3 cm³/mol. The summed E-state index contributed by atoms with van der Waals surface area (Å²) in [5.74, 6) is 0.317. The minimum atomic E-state index is 0.317. The Bertz CT molecular complexity index is 362. The molecule has 0 aromatic heterocycles. The van der Waals surface area contributed by atoms with Crippen LogP contribution in [0.15, 0.2) is 29.3 Å². The van der Waals surface area contributed by atoms with Gasteiger partial charge in [0, 0.05) is 17.8 Å². The molecule has 17 heavy (non-hydrogen) atoms. The molecule has 1 aliphatic carbocycles. The number of hydrogen-bond acceptors (Lipinski definition) is 3. The van der Waals surface area contributed by atoms with Crippen molar-refractivity contribution in [2.45, 2.75) is 38.1 Å². The van der Waals surface area contributed by atoms with Crippen LogP contribution in [0.3, 0.4) is 0 Å². The number of rotatable bonds is 2. The quantitative estimate of drug-likeness (QED) is 0.840. The zero-order chi connectivity index (χ0) is 12.5. The van der Waals surface area contributed by atoms with Crippen molar-refractivity contribution in [3.05, 3.63) is 29.8 Å². The Hall–Kier alpha value is -0.926. The zero-order valence-corrected chi connectivity index (χ0v) is 11.1. The van der Waals surface area contributed by atoms with E-state index in [1.807, 2.05) is 24.4 Å². The maximum atomic E-state index is 9.55. The summed E-state index contributed by atoms with van der Waals surface area (Å²) in [5, 5.41) is 9.55. The molecule has 4 heteroatoms. The summed E-state index contributed by atoms with van der Waals surface area (Å²) in [7, 11) is 0. The van der Waals surface area contributed by atoms with Crippen LogP contribution in [0.5, 0.6) is 5.75 Å². The molecule has 1 aromatic rings. The molecular weight excluding hydrogens is 253 g/mol. The fourth-order valence-electron chi connectivity index (χ4n) is 2.01. The van der Waals surface area contributed by atoms with Crippen molar-refractivity contribution in [3.8, 4) is 5.75 Å². The van der Waals surface area contributed by atoms with E-state index < -0.39 is 0 Å². The third-order valence-electron chi connectivity index (χ3n) is 2.94. The third kappa shape index (κ3) is 4.84. The molecule has 0 heterocycles. The number of phenols is 1. The Kier molecular flexibility index (Phi) is 6.82. The Morgan fingerprint density at radius 2 is 1.82 bits per heavy atom. The van der Waals surface area contributed by atoms with Crippen LogP contribution < -0.4 is 0 Å². The molecule has 1 fully saturated rings. The molecule has 0 aliphatic heterocycles. The van der Waals surface area contributed by atoms with Gasteiger partial charge in [-0.05, 0) is 25.0 Å². The van der Waals surface area contributed by atoms with E-state index in [1.54, 1.807) is 6.07 Å². The van der Waals surface area contributed by atoms with Crippen LogP contribution in [-0.4, -0.2) is 17.4 Å². The molecule has 3 nitrogen and oxygen atoms in total. The molecule has 0 amide bonds. The summed E-state index contributed by atoms with van der Waals surface area (Å²) < 4.78 is 8.19. The van der Waals surface area contributed by atoms with Crippen molar-refractivity contribution in [3.63, 3.8) is 0 Å². The monoisotopic (exact) mass is 270 g/mol. The molecule has 1 saturated carbocycles. The second-order valence-corrected chi connectivity index (χ2v) is 4.13. The molecule has 0 unspecified atom stereocenters. The van der Waals surface area contributed by atoms with E-state index in [-0.39, 0.29) is 0 Å². The number of hydrogen-bond donors (Lipinski definition) is 1. The number of aliphatic imine (C=N–C) groups is 1. The third-order valence-corrected chi connectivity index (χ3v) is 2.94. The van der Waals surface area contributed by atoms with Crippen molar-refractivity contribution in [1.82, 2.24) is 0 Å². The average Bonchev–Trinajstić information content (AvgIpc) is 2.41. The number of phenolic OH excluding ortho intramolecular Hbond substituents is 1. The topological polar surface area (TPSA) is 49.7 Å². The summed E-state index contributed by atoms with van der Waals surface area (Å²) in [6.07, 6.45) is 8.15. The fourth-order valence-corrected chi connectivity index (χ4v) is 2.01. The first-order chi connectivity index (χ1) is 8.36. The second kappa shape index (κ2) is 8.21. The first-order valence-corrected chi connectivity index (χ1v) is 6.43. The zero-order valence-electron chi connectivity index (χ0n) is 9.75. The summed E-state index contributed by atoms with van der Waals surface area (Å²) in [6.45, 7) is 0. The average molecular weight is 270 g/mol. The summed E-state index contributed by atoms with van der Waals surface area (Å²) >= 11 is 1.06. The SMILES string of the molecule is Oc1ccccc1C=NC1CCCCC1.[O]=[V]. The maximum absolute atomic E-state index is 9.55. The van der Waals surface area contributed by atoms with E-state index in [2.05, 4.69) is 4.99 Å². The van der Waals surface area contributed by atoms with Gasteiger partial charge in [-0.3, -0.25) is 4.99 Å². The molecule has 0 spiro atoms.